The molecule has 4 heteroatoms. The van der Waals surface area contributed by atoms with Gasteiger partial charge in [-0.3, -0.25) is 4.79 Å². The van der Waals surface area contributed by atoms with Gasteiger partial charge in [-0.25, -0.2) is 0 Å². The van der Waals surface area contributed by atoms with Crippen molar-refractivity contribution in [2.75, 3.05) is 33.7 Å². The van der Waals surface area contributed by atoms with Crippen molar-refractivity contribution in [3.63, 3.8) is 0 Å². The molecule has 1 unspecified atom stereocenters. The number of amides is 1. The predicted octanol–water partition coefficient (Wildman–Crippen LogP) is 0.134. The van der Waals surface area contributed by atoms with Crippen LogP contribution >= 0.6 is 0 Å². The van der Waals surface area contributed by atoms with Crippen molar-refractivity contribution in [3.8, 4) is 0 Å². The Bertz CT molecular complexity index is 169. The Morgan fingerprint density at radius 3 is 2.21 bits per heavy atom. The minimum Gasteiger partial charge on any atom is -0.340 e. The first-order chi connectivity index (χ1) is 6.49. The summed E-state index contributed by atoms with van der Waals surface area (Å²) in [6.45, 7) is 6.26. The Hall–Kier alpha value is -0.610. The Morgan fingerprint density at radius 2 is 1.86 bits per heavy atom. The number of rotatable bonds is 6. The normalized spacial score (nSPS) is 13.0. The van der Waals surface area contributed by atoms with Crippen molar-refractivity contribution < 1.29 is 4.79 Å². The van der Waals surface area contributed by atoms with E-state index in [1.807, 2.05) is 19.0 Å². The van der Waals surface area contributed by atoms with E-state index >= 15 is 0 Å². The van der Waals surface area contributed by atoms with Gasteiger partial charge >= 0.3 is 0 Å². The Labute approximate surface area is 87.0 Å². The third kappa shape index (κ3) is 5.19. The molecule has 0 aromatic heterocycles. The predicted molar refractivity (Wildman–Crippen MR) is 59.1 cm³/mol. The number of hydrogen-bond acceptors (Lipinski definition) is 3. The molecule has 0 saturated heterocycles. The van der Waals surface area contributed by atoms with E-state index in [0.717, 1.165) is 26.1 Å². The maximum absolute atomic E-state index is 11.6. The fraction of sp³-hybridized carbons (Fsp3) is 0.900. The van der Waals surface area contributed by atoms with Crippen LogP contribution in [0.25, 0.3) is 0 Å². The van der Waals surface area contributed by atoms with Crippen LogP contribution in [0.3, 0.4) is 0 Å². The van der Waals surface area contributed by atoms with Crippen LogP contribution in [0.2, 0.25) is 0 Å². The SMILES string of the molecule is CCCN(CCN(C)C)C(=O)C(C)N. The zero-order valence-electron chi connectivity index (χ0n) is 9.79. The van der Waals surface area contributed by atoms with Crippen molar-refractivity contribution in [3.05, 3.63) is 0 Å². The van der Waals surface area contributed by atoms with Gasteiger partial charge in [0.25, 0.3) is 0 Å². The van der Waals surface area contributed by atoms with E-state index in [1.54, 1.807) is 6.92 Å². The van der Waals surface area contributed by atoms with Gasteiger partial charge in [-0.05, 0) is 27.4 Å². The summed E-state index contributed by atoms with van der Waals surface area (Å²) in [7, 11) is 4.00. The van der Waals surface area contributed by atoms with E-state index < -0.39 is 0 Å². The van der Waals surface area contributed by atoms with Gasteiger partial charge in [-0.15, -0.1) is 0 Å². The van der Waals surface area contributed by atoms with Gasteiger partial charge in [0.15, 0.2) is 0 Å². The zero-order chi connectivity index (χ0) is 11.1. The van der Waals surface area contributed by atoms with Crippen LogP contribution in [0.4, 0.5) is 0 Å². The minimum absolute atomic E-state index is 0.0497. The van der Waals surface area contributed by atoms with Crippen molar-refractivity contribution in [2.45, 2.75) is 26.3 Å². The van der Waals surface area contributed by atoms with E-state index in [-0.39, 0.29) is 11.9 Å². The molecule has 0 bridgehead atoms. The number of hydrogen-bond donors (Lipinski definition) is 1. The largest absolute Gasteiger partial charge is 0.340 e. The molecule has 0 rings (SSSR count). The second-order valence-electron chi connectivity index (χ2n) is 3.92. The number of likely N-dealkylation sites (N-methyl/N-ethyl adjacent to an activating group) is 1. The van der Waals surface area contributed by atoms with Gasteiger partial charge in [-0.1, -0.05) is 6.92 Å². The molecule has 0 aromatic rings. The Balaban J connectivity index is 4.07. The molecule has 1 atom stereocenters. The van der Waals surface area contributed by atoms with Crippen LogP contribution < -0.4 is 5.73 Å². The van der Waals surface area contributed by atoms with Crippen LogP contribution in [0, 0.1) is 0 Å². The molecule has 1 amide bonds. The van der Waals surface area contributed by atoms with Crippen LogP contribution in [0.5, 0.6) is 0 Å². The second-order valence-corrected chi connectivity index (χ2v) is 3.92. The summed E-state index contributed by atoms with van der Waals surface area (Å²) in [5.74, 6) is 0.0497. The number of nitrogens with two attached hydrogens (primary N) is 1. The molecule has 0 saturated carbocycles. The van der Waals surface area contributed by atoms with Gasteiger partial charge in [-0.2, -0.15) is 0 Å². The van der Waals surface area contributed by atoms with Crippen LogP contribution in [-0.2, 0) is 4.79 Å². The maximum atomic E-state index is 11.6. The first-order valence-electron chi connectivity index (χ1n) is 5.18. The Morgan fingerprint density at radius 1 is 1.29 bits per heavy atom. The average Bonchev–Trinajstić information content (AvgIpc) is 2.10. The minimum atomic E-state index is -0.385. The molecule has 0 spiro atoms. The smallest absolute Gasteiger partial charge is 0.239 e. The molecular weight excluding hydrogens is 178 g/mol. The highest BCUT2D eigenvalue weighted by Gasteiger charge is 2.15. The summed E-state index contributed by atoms with van der Waals surface area (Å²) in [6.07, 6.45) is 0.978. The number of carbonyl (C=O) groups excluding carboxylic acids is 1. The molecule has 0 aromatic carbocycles. The first-order valence-corrected chi connectivity index (χ1v) is 5.18. The number of nitrogens with zero attached hydrogens (tertiary/aromatic N) is 2. The molecule has 0 heterocycles. The summed E-state index contributed by atoms with van der Waals surface area (Å²) in [6, 6.07) is -0.385. The van der Waals surface area contributed by atoms with Gasteiger partial charge in [0, 0.05) is 19.6 Å². The van der Waals surface area contributed by atoms with E-state index in [4.69, 9.17) is 5.73 Å². The molecule has 0 aliphatic rings. The topological polar surface area (TPSA) is 49.6 Å². The van der Waals surface area contributed by atoms with Crippen LogP contribution in [0.15, 0.2) is 0 Å². The molecule has 0 aliphatic carbocycles. The molecular formula is C10H23N3O. The van der Waals surface area contributed by atoms with E-state index in [2.05, 4.69) is 11.8 Å². The van der Waals surface area contributed by atoms with Gasteiger partial charge in [0.05, 0.1) is 6.04 Å². The average molecular weight is 201 g/mol. The van der Waals surface area contributed by atoms with Crippen LogP contribution in [-0.4, -0.2) is 55.5 Å². The third-order valence-electron chi connectivity index (χ3n) is 2.01. The molecule has 2 N–H and O–H groups in total. The molecule has 14 heavy (non-hydrogen) atoms. The lowest BCUT2D eigenvalue weighted by Crippen LogP contribution is -2.45. The van der Waals surface area contributed by atoms with Crippen molar-refractivity contribution in [2.24, 2.45) is 5.73 Å². The standard InChI is InChI=1S/C10H23N3O/c1-5-6-13(8-7-12(3)4)10(14)9(2)11/h9H,5-8,11H2,1-4H3. The molecule has 4 nitrogen and oxygen atoms in total. The van der Waals surface area contributed by atoms with Crippen molar-refractivity contribution in [1.82, 2.24) is 9.80 Å². The van der Waals surface area contributed by atoms with Crippen LogP contribution in [0.1, 0.15) is 20.3 Å². The lowest BCUT2D eigenvalue weighted by atomic mass is 10.3. The third-order valence-corrected chi connectivity index (χ3v) is 2.01. The molecule has 84 valence electrons. The summed E-state index contributed by atoms with van der Waals surface area (Å²) in [5.41, 5.74) is 5.57. The lowest BCUT2D eigenvalue weighted by molar-refractivity contribution is -0.132. The van der Waals surface area contributed by atoms with Gasteiger partial charge in [0.1, 0.15) is 0 Å². The van der Waals surface area contributed by atoms with Crippen molar-refractivity contribution in [1.29, 1.82) is 0 Å². The molecule has 0 fully saturated rings. The molecule has 0 radical (unpaired) electrons. The summed E-state index contributed by atoms with van der Waals surface area (Å²) >= 11 is 0. The lowest BCUT2D eigenvalue weighted by Gasteiger charge is -2.25. The fourth-order valence-corrected chi connectivity index (χ4v) is 1.21. The second kappa shape index (κ2) is 6.79. The highest BCUT2D eigenvalue weighted by Crippen LogP contribution is 1.96. The summed E-state index contributed by atoms with van der Waals surface area (Å²) in [5, 5.41) is 0. The monoisotopic (exact) mass is 201 g/mol. The quantitative estimate of drug-likeness (QED) is 0.665. The van der Waals surface area contributed by atoms with Crippen molar-refractivity contribution >= 4 is 5.91 Å². The van der Waals surface area contributed by atoms with Gasteiger partial charge < -0.3 is 15.5 Å². The number of carbonyl (C=O) groups is 1. The van der Waals surface area contributed by atoms with E-state index in [0.29, 0.717) is 0 Å². The van der Waals surface area contributed by atoms with E-state index in [1.165, 1.54) is 0 Å². The first kappa shape index (κ1) is 13.4. The molecule has 0 aliphatic heterocycles. The fourth-order valence-electron chi connectivity index (χ4n) is 1.21. The highest BCUT2D eigenvalue weighted by molar-refractivity contribution is 5.81. The summed E-state index contributed by atoms with van der Waals surface area (Å²) < 4.78 is 0. The Kier molecular flexibility index (Phi) is 6.49. The maximum Gasteiger partial charge on any atom is 0.239 e. The van der Waals surface area contributed by atoms with E-state index in [9.17, 15) is 4.79 Å². The zero-order valence-corrected chi connectivity index (χ0v) is 9.79. The highest BCUT2D eigenvalue weighted by atomic mass is 16.2. The summed E-state index contributed by atoms with van der Waals surface area (Å²) in [4.78, 5) is 15.5. The van der Waals surface area contributed by atoms with Gasteiger partial charge in [0.2, 0.25) is 5.91 Å².